The molecule has 0 atom stereocenters. The van der Waals surface area contributed by atoms with Gasteiger partial charge in [0.05, 0.1) is 6.20 Å². The second kappa shape index (κ2) is 4.95. The third-order valence-electron chi connectivity index (χ3n) is 2.67. The van der Waals surface area contributed by atoms with Gasteiger partial charge in [0, 0.05) is 24.3 Å². The van der Waals surface area contributed by atoms with E-state index in [0.717, 1.165) is 24.4 Å². The van der Waals surface area contributed by atoms with Gasteiger partial charge in [0.2, 0.25) is 5.69 Å². The molecule has 17 heavy (non-hydrogen) atoms. The van der Waals surface area contributed by atoms with Crippen LogP contribution < -0.4 is 4.57 Å². The van der Waals surface area contributed by atoms with Gasteiger partial charge in [-0.2, -0.15) is 9.67 Å². The van der Waals surface area contributed by atoms with Crippen LogP contribution in [0.2, 0.25) is 0 Å². The highest BCUT2D eigenvalue weighted by atomic mass is 15.3. The Balaban J connectivity index is 2.52. The van der Waals surface area contributed by atoms with Gasteiger partial charge in [-0.3, -0.25) is 0 Å². The summed E-state index contributed by atoms with van der Waals surface area (Å²) in [5.74, 6) is 0. The van der Waals surface area contributed by atoms with Crippen LogP contribution in [0, 0.1) is 0 Å². The highest BCUT2D eigenvalue weighted by Gasteiger charge is 2.15. The molecule has 0 N–H and O–H groups in total. The average Bonchev–Trinajstić information content (AvgIpc) is 2.79. The molecule has 3 nitrogen and oxygen atoms in total. The summed E-state index contributed by atoms with van der Waals surface area (Å²) in [6, 6.07) is 8.25. The van der Waals surface area contributed by atoms with Crippen LogP contribution in [-0.4, -0.2) is 9.78 Å². The summed E-state index contributed by atoms with van der Waals surface area (Å²) in [4.78, 5) is 0. The molecule has 0 spiro atoms. The number of aromatic nitrogens is 3. The first-order chi connectivity index (χ1) is 8.24. The van der Waals surface area contributed by atoms with E-state index in [1.54, 1.807) is 0 Å². The number of nitrogens with zero attached hydrogens (tertiary/aromatic N) is 3. The number of rotatable bonds is 4. The van der Waals surface area contributed by atoms with Crippen LogP contribution in [0.5, 0.6) is 0 Å². The van der Waals surface area contributed by atoms with Crippen molar-refractivity contribution in [1.29, 1.82) is 0 Å². The molecule has 0 aromatic carbocycles. The number of hydrogen-bond donors (Lipinski definition) is 0. The fourth-order valence-corrected chi connectivity index (χ4v) is 1.95. The molecule has 0 unspecified atom stereocenters. The molecule has 2 aromatic heterocycles. The molecule has 0 saturated heterocycles. The van der Waals surface area contributed by atoms with Crippen molar-refractivity contribution in [2.45, 2.75) is 26.8 Å². The Hall–Kier alpha value is -1.90. The van der Waals surface area contributed by atoms with E-state index in [-0.39, 0.29) is 0 Å². The smallest absolute Gasteiger partial charge is 0.231 e. The Morgan fingerprint density at radius 3 is 2.94 bits per heavy atom. The van der Waals surface area contributed by atoms with Gasteiger partial charge in [0.25, 0.3) is 0 Å². The lowest BCUT2D eigenvalue weighted by Gasteiger charge is -2.06. The first-order valence-corrected chi connectivity index (χ1v) is 5.92. The molecule has 0 amide bonds. The summed E-state index contributed by atoms with van der Waals surface area (Å²) in [6.45, 7) is 9.10. The summed E-state index contributed by atoms with van der Waals surface area (Å²) in [5, 5.41) is 4.30. The van der Waals surface area contributed by atoms with E-state index in [9.17, 15) is 0 Å². The van der Waals surface area contributed by atoms with Crippen molar-refractivity contribution in [2.24, 2.45) is 0 Å². The predicted octanol–water partition coefficient (Wildman–Crippen LogP) is 2.74. The predicted molar refractivity (Wildman–Crippen MR) is 69.2 cm³/mol. The number of allylic oxidation sites excluding steroid dienone is 1. The molecule has 0 bridgehead atoms. The van der Waals surface area contributed by atoms with E-state index in [0.29, 0.717) is 0 Å². The van der Waals surface area contributed by atoms with Crippen LogP contribution in [0.1, 0.15) is 20.3 Å². The van der Waals surface area contributed by atoms with Gasteiger partial charge in [-0.1, -0.05) is 13.5 Å². The van der Waals surface area contributed by atoms with E-state index in [4.69, 9.17) is 0 Å². The van der Waals surface area contributed by atoms with Crippen molar-refractivity contribution in [2.75, 3.05) is 0 Å². The van der Waals surface area contributed by atoms with Crippen LogP contribution in [0.25, 0.3) is 17.1 Å². The Labute approximate surface area is 102 Å². The zero-order valence-corrected chi connectivity index (χ0v) is 10.4. The Morgan fingerprint density at radius 1 is 1.41 bits per heavy atom. The minimum atomic E-state index is 0.928. The second-order valence-corrected chi connectivity index (χ2v) is 4.14. The minimum absolute atomic E-state index is 0.928. The lowest BCUT2D eigenvalue weighted by atomic mass is 10.2. The number of pyridine rings is 1. The summed E-state index contributed by atoms with van der Waals surface area (Å²) in [5.41, 5.74) is 3.19. The third kappa shape index (κ3) is 2.28. The van der Waals surface area contributed by atoms with Gasteiger partial charge >= 0.3 is 0 Å². The second-order valence-electron chi connectivity index (χ2n) is 4.14. The fourth-order valence-electron chi connectivity index (χ4n) is 1.95. The molecule has 2 aromatic rings. The highest BCUT2D eigenvalue weighted by molar-refractivity contribution is 5.57. The van der Waals surface area contributed by atoms with E-state index in [1.165, 1.54) is 5.69 Å². The van der Waals surface area contributed by atoms with Crippen LogP contribution >= 0.6 is 0 Å². The Kier molecular flexibility index (Phi) is 3.38. The van der Waals surface area contributed by atoms with E-state index < -0.39 is 0 Å². The number of hydrogen-bond acceptors (Lipinski definition) is 1. The Morgan fingerprint density at radius 2 is 2.24 bits per heavy atom. The van der Waals surface area contributed by atoms with Crippen LogP contribution in [-0.2, 0) is 6.54 Å². The molecule has 2 rings (SSSR count). The van der Waals surface area contributed by atoms with Gasteiger partial charge in [0.15, 0.2) is 6.20 Å². The van der Waals surface area contributed by atoms with E-state index in [1.807, 2.05) is 23.9 Å². The summed E-state index contributed by atoms with van der Waals surface area (Å²) >= 11 is 0. The maximum atomic E-state index is 4.30. The van der Waals surface area contributed by atoms with Gasteiger partial charge in [0.1, 0.15) is 12.2 Å². The zero-order chi connectivity index (χ0) is 12.3. The van der Waals surface area contributed by atoms with Gasteiger partial charge in [-0.15, -0.1) is 0 Å². The molecule has 0 radical (unpaired) electrons. The topological polar surface area (TPSA) is 21.7 Å². The molecule has 2 heterocycles. The first-order valence-electron chi connectivity index (χ1n) is 5.92. The molecule has 0 fully saturated rings. The molecular weight excluding hydrogens is 210 g/mol. The van der Waals surface area contributed by atoms with Crippen LogP contribution in [0.15, 0.2) is 43.2 Å². The van der Waals surface area contributed by atoms with Crippen molar-refractivity contribution >= 4 is 5.70 Å². The Bertz CT molecular complexity index is 526. The SMILES string of the molecule is C=C(C)n1nccc1-c1cccc[n+]1CCC. The monoisotopic (exact) mass is 228 g/mol. The van der Waals surface area contributed by atoms with Crippen LogP contribution in [0.4, 0.5) is 0 Å². The quantitative estimate of drug-likeness (QED) is 0.737. The fraction of sp³-hybridized carbons (Fsp3) is 0.286. The number of aryl methyl sites for hydroxylation is 1. The van der Waals surface area contributed by atoms with Crippen molar-refractivity contribution in [3.63, 3.8) is 0 Å². The summed E-state index contributed by atoms with van der Waals surface area (Å²) < 4.78 is 4.12. The maximum absolute atomic E-state index is 4.30. The molecule has 0 aliphatic heterocycles. The molecule has 3 heteroatoms. The van der Waals surface area contributed by atoms with Gasteiger partial charge < -0.3 is 0 Å². The van der Waals surface area contributed by atoms with Crippen molar-refractivity contribution in [3.8, 4) is 11.4 Å². The van der Waals surface area contributed by atoms with Crippen molar-refractivity contribution < 1.29 is 4.57 Å². The third-order valence-corrected chi connectivity index (χ3v) is 2.67. The zero-order valence-electron chi connectivity index (χ0n) is 10.4. The van der Waals surface area contributed by atoms with E-state index >= 15 is 0 Å². The first kappa shape index (κ1) is 11.6. The highest BCUT2D eigenvalue weighted by Crippen LogP contribution is 2.17. The largest absolute Gasteiger partial charge is 0.232 e. The van der Waals surface area contributed by atoms with Gasteiger partial charge in [-0.25, -0.2) is 4.68 Å². The molecular formula is C14H18N3+. The van der Waals surface area contributed by atoms with Crippen molar-refractivity contribution in [1.82, 2.24) is 9.78 Å². The standard InChI is InChI=1S/C14H18N3/c1-4-10-16-11-6-5-7-13(16)14-8-9-15-17(14)12(2)3/h5-9,11H,2,4,10H2,1,3H3/q+1. The molecule has 88 valence electrons. The molecule has 0 saturated carbocycles. The lowest BCUT2D eigenvalue weighted by molar-refractivity contribution is -0.686. The van der Waals surface area contributed by atoms with Gasteiger partial charge in [-0.05, 0) is 19.1 Å². The average molecular weight is 228 g/mol. The summed E-state index contributed by atoms with van der Waals surface area (Å²) in [6.07, 6.45) is 5.03. The van der Waals surface area contributed by atoms with Crippen LogP contribution in [0.3, 0.4) is 0 Å². The molecule has 0 aliphatic rings. The minimum Gasteiger partial charge on any atom is -0.232 e. The summed E-state index contributed by atoms with van der Waals surface area (Å²) in [7, 11) is 0. The van der Waals surface area contributed by atoms with E-state index in [2.05, 4.69) is 47.6 Å². The maximum Gasteiger partial charge on any atom is 0.231 e. The normalized spacial score (nSPS) is 10.5. The molecule has 0 aliphatic carbocycles. The lowest BCUT2D eigenvalue weighted by Crippen LogP contribution is -2.35. The van der Waals surface area contributed by atoms with Crippen molar-refractivity contribution in [3.05, 3.63) is 43.2 Å².